The lowest BCUT2D eigenvalue weighted by atomic mass is 10.0. The summed E-state index contributed by atoms with van der Waals surface area (Å²) in [5.74, 6) is 0. The maximum Gasteiger partial charge on any atom is 0.250 e. The van der Waals surface area contributed by atoms with Crippen molar-refractivity contribution in [2.45, 2.75) is 39.8 Å². The highest BCUT2D eigenvalue weighted by Crippen LogP contribution is 2.12. The Morgan fingerprint density at radius 2 is 1.78 bits per heavy atom. The Morgan fingerprint density at radius 1 is 1.12 bits per heavy atom. The van der Waals surface area contributed by atoms with E-state index in [0.717, 1.165) is 12.0 Å². The second kappa shape index (κ2) is 14.4. The first-order chi connectivity index (χ1) is 15.4. The number of carbonyl (C=O) groups is 1. The minimum absolute atomic E-state index is 0.0254. The second-order valence-corrected chi connectivity index (χ2v) is 7.22. The lowest BCUT2D eigenvalue weighted by Gasteiger charge is -2.07. The van der Waals surface area contributed by atoms with Crippen LogP contribution in [0.1, 0.15) is 36.1 Å². The first kappa shape index (κ1) is 26.5. The number of nitrogens with two attached hydrogens (primary N) is 1. The predicted molar refractivity (Wildman–Crippen MR) is 130 cm³/mol. The summed E-state index contributed by atoms with van der Waals surface area (Å²) in [7, 11) is 1.50. The number of pyridine rings is 2. The molecule has 0 radical (unpaired) electrons. The summed E-state index contributed by atoms with van der Waals surface area (Å²) in [6, 6.07) is 15.7. The molecule has 0 spiro atoms. The molecule has 1 aromatic carbocycles. The lowest BCUT2D eigenvalue weighted by Crippen LogP contribution is -2.30. The van der Waals surface area contributed by atoms with Crippen LogP contribution in [0.3, 0.4) is 0 Å². The van der Waals surface area contributed by atoms with Crippen molar-refractivity contribution >= 4 is 12.1 Å². The van der Waals surface area contributed by atoms with Crippen molar-refractivity contribution in [2.75, 3.05) is 7.05 Å². The van der Waals surface area contributed by atoms with Crippen molar-refractivity contribution in [3.63, 3.8) is 0 Å². The average Bonchev–Trinajstić information content (AvgIpc) is 2.79. The SMILES string of the molecule is CC(=N)C(C)NC=O.CN.Cc1cncc(Cc2ccc(Cn3ccccc3=O)cc2)c1. The number of nitrogens with zero attached hydrogens (tertiary/aromatic N) is 2. The first-order valence-electron chi connectivity index (χ1n) is 10.4. The number of aryl methyl sites for hydroxylation is 1. The Bertz CT molecular complexity index is 1030. The molecule has 4 N–H and O–H groups in total. The van der Waals surface area contributed by atoms with E-state index >= 15 is 0 Å². The van der Waals surface area contributed by atoms with E-state index in [1.54, 1.807) is 30.5 Å². The Labute approximate surface area is 189 Å². The summed E-state index contributed by atoms with van der Waals surface area (Å²) in [6.07, 6.45) is 7.06. The third-order valence-electron chi connectivity index (χ3n) is 4.58. The molecular formula is C25H33N5O2. The van der Waals surface area contributed by atoms with Crippen molar-refractivity contribution in [3.8, 4) is 0 Å². The summed E-state index contributed by atoms with van der Waals surface area (Å²) in [6.45, 7) is 6.07. The number of nitrogens with one attached hydrogen (secondary N) is 2. The highest BCUT2D eigenvalue weighted by atomic mass is 16.1. The van der Waals surface area contributed by atoms with Crippen LogP contribution in [0.2, 0.25) is 0 Å². The Balaban J connectivity index is 0.000000436. The van der Waals surface area contributed by atoms with Gasteiger partial charge in [0, 0.05) is 30.4 Å². The van der Waals surface area contributed by atoms with Gasteiger partial charge in [0.25, 0.3) is 5.56 Å². The van der Waals surface area contributed by atoms with Crippen molar-refractivity contribution in [1.29, 1.82) is 5.41 Å². The topological polar surface area (TPSA) is 114 Å². The van der Waals surface area contributed by atoms with Gasteiger partial charge in [-0.05, 0) is 62.6 Å². The van der Waals surface area contributed by atoms with Gasteiger partial charge in [0.2, 0.25) is 6.41 Å². The van der Waals surface area contributed by atoms with E-state index in [2.05, 4.69) is 53.3 Å². The van der Waals surface area contributed by atoms with E-state index in [9.17, 15) is 9.59 Å². The fourth-order valence-corrected chi connectivity index (χ4v) is 2.73. The quantitative estimate of drug-likeness (QED) is 0.391. The molecule has 1 amide bonds. The molecule has 0 saturated heterocycles. The third-order valence-corrected chi connectivity index (χ3v) is 4.58. The minimum atomic E-state index is -0.118. The molecule has 0 aliphatic rings. The molecule has 1 atom stereocenters. The number of rotatable bonds is 7. The summed E-state index contributed by atoms with van der Waals surface area (Å²) in [4.78, 5) is 25.7. The summed E-state index contributed by atoms with van der Waals surface area (Å²) in [5.41, 5.74) is 9.76. The van der Waals surface area contributed by atoms with Gasteiger partial charge in [-0.2, -0.15) is 0 Å². The lowest BCUT2D eigenvalue weighted by molar-refractivity contribution is -0.109. The molecule has 32 heavy (non-hydrogen) atoms. The number of hydrogen-bond donors (Lipinski definition) is 3. The zero-order valence-electron chi connectivity index (χ0n) is 19.2. The fourth-order valence-electron chi connectivity index (χ4n) is 2.73. The molecule has 0 bridgehead atoms. The van der Waals surface area contributed by atoms with Gasteiger partial charge in [-0.3, -0.25) is 14.6 Å². The van der Waals surface area contributed by atoms with Crippen LogP contribution in [0.5, 0.6) is 0 Å². The summed E-state index contributed by atoms with van der Waals surface area (Å²) in [5, 5.41) is 9.42. The standard InChI is InChI=1S/C19H18N2O.C5H10N2O.CH5N/c1-15-10-18(13-20-12-15)11-16-5-7-17(8-6-16)14-21-9-3-2-4-19(21)22;1-4(6)5(2)7-3-8;1-2/h2-10,12-13H,11,14H2,1H3;3,5-6H,1-2H3,(H,7,8);2H2,1H3. The third kappa shape index (κ3) is 9.49. The largest absolute Gasteiger partial charge is 0.351 e. The molecule has 0 fully saturated rings. The summed E-state index contributed by atoms with van der Waals surface area (Å²) < 4.78 is 1.71. The molecule has 2 heterocycles. The monoisotopic (exact) mass is 435 g/mol. The number of hydrogen-bond acceptors (Lipinski definition) is 5. The van der Waals surface area contributed by atoms with Crippen molar-refractivity contribution < 1.29 is 4.79 Å². The molecule has 170 valence electrons. The maximum absolute atomic E-state index is 11.7. The Hall–Kier alpha value is -3.58. The zero-order chi connectivity index (χ0) is 23.9. The normalized spacial score (nSPS) is 10.5. The van der Waals surface area contributed by atoms with Gasteiger partial charge in [-0.1, -0.05) is 36.4 Å². The van der Waals surface area contributed by atoms with Crippen LogP contribution in [0.4, 0.5) is 0 Å². The molecular weight excluding hydrogens is 402 g/mol. The van der Waals surface area contributed by atoms with Gasteiger partial charge in [0.05, 0.1) is 12.6 Å². The van der Waals surface area contributed by atoms with E-state index in [1.165, 1.54) is 23.7 Å². The molecule has 7 heteroatoms. The van der Waals surface area contributed by atoms with Crippen LogP contribution < -0.4 is 16.6 Å². The first-order valence-corrected chi connectivity index (χ1v) is 10.4. The number of benzene rings is 1. The van der Waals surface area contributed by atoms with E-state index in [1.807, 2.05) is 24.7 Å². The van der Waals surface area contributed by atoms with Crippen molar-refractivity contribution in [1.82, 2.24) is 14.9 Å². The van der Waals surface area contributed by atoms with Crippen molar-refractivity contribution in [2.24, 2.45) is 5.73 Å². The second-order valence-electron chi connectivity index (χ2n) is 7.22. The van der Waals surface area contributed by atoms with Gasteiger partial charge in [0.15, 0.2) is 0 Å². The van der Waals surface area contributed by atoms with Crippen LogP contribution in [-0.4, -0.2) is 34.8 Å². The van der Waals surface area contributed by atoms with Crippen LogP contribution in [0, 0.1) is 12.3 Å². The molecule has 0 aliphatic heterocycles. The van der Waals surface area contributed by atoms with Gasteiger partial charge in [0.1, 0.15) is 0 Å². The number of aromatic nitrogens is 2. The van der Waals surface area contributed by atoms with E-state index in [0.29, 0.717) is 18.7 Å². The van der Waals surface area contributed by atoms with Crippen LogP contribution in [0.15, 0.2) is 71.9 Å². The van der Waals surface area contributed by atoms with Gasteiger partial charge < -0.3 is 21.0 Å². The molecule has 0 saturated carbocycles. The van der Waals surface area contributed by atoms with Crippen LogP contribution in [-0.2, 0) is 17.8 Å². The van der Waals surface area contributed by atoms with Crippen LogP contribution in [0.25, 0.3) is 0 Å². The molecule has 7 nitrogen and oxygen atoms in total. The maximum atomic E-state index is 11.7. The predicted octanol–water partition coefficient (Wildman–Crippen LogP) is 2.93. The van der Waals surface area contributed by atoms with E-state index < -0.39 is 0 Å². The highest BCUT2D eigenvalue weighted by molar-refractivity contribution is 5.85. The minimum Gasteiger partial charge on any atom is -0.351 e. The van der Waals surface area contributed by atoms with E-state index in [-0.39, 0.29) is 11.6 Å². The fraction of sp³-hybridized carbons (Fsp3) is 0.280. The Morgan fingerprint density at radius 3 is 2.31 bits per heavy atom. The van der Waals surface area contributed by atoms with Gasteiger partial charge in [-0.25, -0.2) is 0 Å². The zero-order valence-corrected chi connectivity index (χ0v) is 19.2. The van der Waals surface area contributed by atoms with Crippen molar-refractivity contribution in [3.05, 3.63) is 99.7 Å². The summed E-state index contributed by atoms with van der Waals surface area (Å²) >= 11 is 0. The van der Waals surface area contributed by atoms with Gasteiger partial charge >= 0.3 is 0 Å². The molecule has 1 unspecified atom stereocenters. The Kier molecular flexibility index (Phi) is 11.9. The molecule has 3 rings (SSSR count). The molecule has 3 aromatic rings. The number of amides is 1. The molecule has 2 aromatic heterocycles. The van der Waals surface area contributed by atoms with Gasteiger partial charge in [-0.15, -0.1) is 0 Å². The average molecular weight is 436 g/mol. The van der Waals surface area contributed by atoms with Crippen LogP contribution >= 0.6 is 0 Å². The molecule has 0 aliphatic carbocycles. The number of carbonyl (C=O) groups excluding carboxylic acids is 1. The smallest absolute Gasteiger partial charge is 0.250 e. The highest BCUT2D eigenvalue weighted by Gasteiger charge is 2.00. The van der Waals surface area contributed by atoms with E-state index in [4.69, 9.17) is 5.41 Å².